The number of ether oxygens (including phenoxy) is 2. The third-order valence-corrected chi connectivity index (χ3v) is 8.21. The Bertz CT molecular complexity index is 1500. The predicted molar refractivity (Wildman–Crippen MR) is 154 cm³/mol. The van der Waals surface area contributed by atoms with Crippen LogP contribution in [0.4, 0.5) is 22.1 Å². The van der Waals surface area contributed by atoms with Crippen molar-refractivity contribution < 1.29 is 27.5 Å². The van der Waals surface area contributed by atoms with Crippen molar-refractivity contribution in [2.45, 2.75) is 31.3 Å². The first kappa shape index (κ1) is 30.0. The highest BCUT2D eigenvalue weighted by Gasteiger charge is 2.32. The largest absolute Gasteiger partial charge is 0.497 e. The zero-order valence-electron chi connectivity index (χ0n) is 23.0. The summed E-state index contributed by atoms with van der Waals surface area (Å²) in [7, 11) is -2.25. The topological polar surface area (TPSA) is 143 Å². The number of benzene rings is 2. The minimum absolute atomic E-state index is 0.129. The van der Waals surface area contributed by atoms with Gasteiger partial charge in [0, 0.05) is 31.9 Å². The van der Waals surface area contributed by atoms with Crippen LogP contribution in [0.15, 0.2) is 59.8 Å². The highest BCUT2D eigenvalue weighted by molar-refractivity contribution is 7.89. The average molecular weight is 603 g/mol. The third-order valence-electron chi connectivity index (χ3n) is 5.97. The summed E-state index contributed by atoms with van der Waals surface area (Å²) < 4.78 is 38.2. The molecule has 0 saturated carbocycles. The lowest BCUT2D eigenvalue weighted by atomic mass is 10.2. The highest BCUT2D eigenvalue weighted by atomic mass is 35.5. The molecule has 1 aromatic heterocycles. The first-order chi connectivity index (χ1) is 19.4. The summed E-state index contributed by atoms with van der Waals surface area (Å²) in [5.41, 5.74) is 0.546. The van der Waals surface area contributed by atoms with Gasteiger partial charge in [0.05, 0.1) is 40.7 Å². The fourth-order valence-corrected chi connectivity index (χ4v) is 5.51. The van der Waals surface area contributed by atoms with Gasteiger partial charge in [0.2, 0.25) is 16.0 Å². The number of aromatic nitrogens is 2. The molecular formula is C27H31ClN6O6S. The number of nitrogens with zero attached hydrogens (tertiary/aromatic N) is 4. The molecule has 2 aromatic carbocycles. The van der Waals surface area contributed by atoms with Crippen LogP contribution in [0.5, 0.6) is 5.75 Å². The number of carbonyl (C=O) groups excluding carboxylic acids is 2. The van der Waals surface area contributed by atoms with Gasteiger partial charge in [0.1, 0.15) is 11.4 Å². The van der Waals surface area contributed by atoms with E-state index in [0.717, 1.165) is 0 Å². The third kappa shape index (κ3) is 7.63. The van der Waals surface area contributed by atoms with E-state index in [1.807, 2.05) is 0 Å². The number of sulfonamides is 1. The summed E-state index contributed by atoms with van der Waals surface area (Å²) in [6, 6.07) is 10.9. The Balaban J connectivity index is 1.33. The van der Waals surface area contributed by atoms with Crippen molar-refractivity contribution in [3.63, 3.8) is 0 Å². The number of hydrogen-bond acceptors (Lipinski definition) is 9. The number of methoxy groups -OCH3 is 1. The van der Waals surface area contributed by atoms with Gasteiger partial charge in [-0.15, -0.1) is 0 Å². The van der Waals surface area contributed by atoms with Crippen molar-refractivity contribution in [1.29, 1.82) is 0 Å². The second-order valence-electron chi connectivity index (χ2n) is 10.1. The molecule has 3 aromatic rings. The molecule has 12 nitrogen and oxygen atoms in total. The van der Waals surface area contributed by atoms with Gasteiger partial charge >= 0.3 is 6.09 Å². The number of carbonyl (C=O) groups is 2. The Morgan fingerprint density at radius 3 is 2.17 bits per heavy atom. The summed E-state index contributed by atoms with van der Waals surface area (Å²) in [5, 5.41) is 5.95. The van der Waals surface area contributed by atoms with E-state index in [1.54, 1.807) is 45.0 Å². The van der Waals surface area contributed by atoms with Gasteiger partial charge in [-0.1, -0.05) is 11.6 Å². The monoisotopic (exact) mass is 602 g/mol. The molecule has 218 valence electrons. The molecule has 1 aliphatic heterocycles. The second kappa shape index (κ2) is 12.3. The summed E-state index contributed by atoms with van der Waals surface area (Å²) >= 11 is 6.13. The van der Waals surface area contributed by atoms with Gasteiger partial charge in [-0.25, -0.2) is 23.2 Å². The maximum atomic E-state index is 13.1. The van der Waals surface area contributed by atoms with E-state index >= 15 is 0 Å². The van der Waals surface area contributed by atoms with Crippen molar-refractivity contribution in [3.8, 4) is 5.75 Å². The van der Waals surface area contributed by atoms with Gasteiger partial charge in [0.15, 0.2) is 0 Å². The fourth-order valence-electron chi connectivity index (χ4n) is 3.89. The van der Waals surface area contributed by atoms with E-state index in [1.165, 1.54) is 46.9 Å². The van der Waals surface area contributed by atoms with Gasteiger partial charge in [-0.2, -0.15) is 4.31 Å². The van der Waals surface area contributed by atoms with E-state index in [0.29, 0.717) is 17.1 Å². The average Bonchev–Trinajstić information content (AvgIpc) is 2.94. The second-order valence-corrected chi connectivity index (χ2v) is 12.5. The Morgan fingerprint density at radius 2 is 1.59 bits per heavy atom. The Hall–Kier alpha value is -3.94. The fraction of sp³-hybridized carbons (Fsp3) is 0.333. The number of amides is 2. The number of hydrogen-bond donors (Lipinski definition) is 2. The first-order valence-electron chi connectivity index (χ1n) is 12.7. The lowest BCUT2D eigenvalue weighted by Gasteiger charge is -2.35. The molecule has 14 heteroatoms. The van der Waals surface area contributed by atoms with Crippen LogP contribution in [0.3, 0.4) is 0 Å². The molecule has 1 fully saturated rings. The molecule has 1 aliphatic rings. The maximum Gasteiger partial charge on any atom is 0.410 e. The summed E-state index contributed by atoms with van der Waals surface area (Å²) in [6.07, 6.45) is 2.40. The summed E-state index contributed by atoms with van der Waals surface area (Å²) in [4.78, 5) is 34.9. The van der Waals surface area contributed by atoms with Crippen molar-refractivity contribution in [2.75, 3.05) is 43.9 Å². The van der Waals surface area contributed by atoms with Gasteiger partial charge in [-0.05, 0) is 63.2 Å². The van der Waals surface area contributed by atoms with Crippen LogP contribution in [0.25, 0.3) is 0 Å². The van der Waals surface area contributed by atoms with E-state index in [4.69, 9.17) is 21.1 Å². The molecule has 0 spiro atoms. The SMILES string of the molecule is COc1ccc(Cl)c(C(=O)Nc2cnc(Nc3ccc(S(=O)(=O)N4CCN(C(=O)OC(C)(C)C)CC4)cc3)nc2)c1. The normalized spacial score (nSPS) is 14.3. The Kier molecular flexibility index (Phi) is 9.00. The number of rotatable bonds is 7. The molecule has 0 aliphatic carbocycles. The smallest absolute Gasteiger partial charge is 0.410 e. The standard InChI is InChI=1S/C27H31ClN6O6S/c1-27(2,3)40-26(36)33-11-13-34(14-12-33)41(37,38)21-8-5-18(6-9-21)32-25-29-16-19(17-30-25)31-24(35)22-15-20(39-4)7-10-23(22)28/h5-10,15-17H,11-14H2,1-4H3,(H,31,35)(H,29,30,32). The first-order valence-corrected chi connectivity index (χ1v) is 14.5. The molecular weight excluding hydrogens is 572 g/mol. The summed E-state index contributed by atoms with van der Waals surface area (Å²) in [6.45, 7) is 6.18. The molecule has 2 heterocycles. The van der Waals surface area contributed by atoms with Crippen molar-refractivity contribution >= 4 is 50.9 Å². The van der Waals surface area contributed by atoms with Crippen LogP contribution >= 0.6 is 11.6 Å². The van der Waals surface area contributed by atoms with Crippen LogP contribution in [0.2, 0.25) is 5.02 Å². The van der Waals surface area contributed by atoms with Crippen LogP contribution in [-0.4, -0.2) is 78.5 Å². The number of halogens is 1. The molecule has 2 N–H and O–H groups in total. The molecule has 1 saturated heterocycles. The van der Waals surface area contributed by atoms with Gasteiger partial charge in [-0.3, -0.25) is 4.79 Å². The molecule has 2 amide bonds. The van der Waals surface area contributed by atoms with Gasteiger partial charge < -0.3 is 25.0 Å². The van der Waals surface area contributed by atoms with Crippen LogP contribution in [0.1, 0.15) is 31.1 Å². The predicted octanol–water partition coefficient (Wildman–Crippen LogP) is 4.38. The minimum atomic E-state index is -3.75. The minimum Gasteiger partial charge on any atom is -0.497 e. The zero-order valence-corrected chi connectivity index (χ0v) is 24.6. The van der Waals surface area contributed by atoms with E-state index in [-0.39, 0.29) is 47.6 Å². The van der Waals surface area contributed by atoms with E-state index < -0.39 is 27.6 Å². The lowest BCUT2D eigenvalue weighted by Crippen LogP contribution is -2.51. The molecule has 0 bridgehead atoms. The molecule has 4 rings (SSSR count). The number of anilines is 3. The number of piperazine rings is 1. The van der Waals surface area contributed by atoms with Crippen LogP contribution < -0.4 is 15.4 Å². The summed E-state index contributed by atoms with van der Waals surface area (Å²) in [5.74, 6) is 0.299. The van der Waals surface area contributed by atoms with E-state index in [9.17, 15) is 18.0 Å². The Morgan fingerprint density at radius 1 is 0.951 bits per heavy atom. The molecule has 0 unspecified atom stereocenters. The van der Waals surface area contributed by atoms with E-state index in [2.05, 4.69) is 20.6 Å². The van der Waals surface area contributed by atoms with Crippen molar-refractivity contribution in [3.05, 3.63) is 65.4 Å². The highest BCUT2D eigenvalue weighted by Crippen LogP contribution is 2.24. The van der Waals surface area contributed by atoms with Crippen molar-refractivity contribution in [1.82, 2.24) is 19.2 Å². The lowest BCUT2D eigenvalue weighted by molar-refractivity contribution is 0.0192. The zero-order chi connectivity index (χ0) is 29.8. The number of nitrogens with one attached hydrogen (secondary N) is 2. The molecule has 0 atom stereocenters. The maximum absolute atomic E-state index is 13.1. The van der Waals surface area contributed by atoms with Gasteiger partial charge in [0.25, 0.3) is 5.91 Å². The van der Waals surface area contributed by atoms with Crippen LogP contribution in [-0.2, 0) is 14.8 Å². The molecule has 0 radical (unpaired) electrons. The Labute approximate surface area is 243 Å². The quantitative estimate of drug-likeness (QED) is 0.403. The van der Waals surface area contributed by atoms with Crippen LogP contribution in [0, 0.1) is 0 Å². The molecule has 41 heavy (non-hydrogen) atoms. The van der Waals surface area contributed by atoms with Crippen molar-refractivity contribution in [2.24, 2.45) is 0 Å².